The van der Waals surface area contributed by atoms with Crippen LogP contribution in [0, 0.1) is 52.3 Å². The SMILES string of the molecule is CC1CCC2(OC1)OC1CC3C4CC=C5CC(OC6OC(CO)C(OC7OC(COC(=O)C8CC8)C(O)C7O)C(O)C6OC6OC(C)C(O)C(O)C6O)CCC5(C)C4CCC3(C)C1C2C. The van der Waals surface area contributed by atoms with E-state index in [0.717, 1.165) is 64.4 Å². The van der Waals surface area contributed by atoms with Crippen LogP contribution >= 0.6 is 0 Å². The Morgan fingerprint density at radius 1 is 0.754 bits per heavy atom. The second kappa shape index (κ2) is 17.8. The average molecular weight is 923 g/mol. The van der Waals surface area contributed by atoms with Crippen LogP contribution in [0.5, 0.6) is 0 Å². The Morgan fingerprint density at radius 2 is 1.48 bits per heavy atom. The Bertz CT molecular complexity index is 1750. The van der Waals surface area contributed by atoms with E-state index >= 15 is 0 Å². The largest absolute Gasteiger partial charge is 0.463 e. The number of allylic oxidation sites excluding steroid dienone is 1. The Labute approximate surface area is 381 Å². The molecule has 5 aliphatic heterocycles. The summed E-state index contributed by atoms with van der Waals surface area (Å²) < 4.78 is 55.8. The molecule has 1 spiro atoms. The predicted octanol–water partition coefficient (Wildman–Crippen LogP) is 1.81. The number of aliphatic hydroxyl groups excluding tert-OH is 7. The molecular weight excluding hydrogens is 849 g/mol. The highest BCUT2D eigenvalue weighted by atomic mass is 16.8. The molecule has 4 saturated carbocycles. The number of rotatable bonds is 10. The average Bonchev–Trinajstić information content (AvgIpc) is 3.99. The van der Waals surface area contributed by atoms with E-state index in [-0.39, 0.29) is 35.6 Å². The van der Waals surface area contributed by atoms with Crippen LogP contribution in [0.2, 0.25) is 0 Å². The van der Waals surface area contributed by atoms with Gasteiger partial charge in [0.2, 0.25) is 0 Å². The molecule has 0 aromatic heterocycles. The van der Waals surface area contributed by atoms with Gasteiger partial charge in [-0.25, -0.2) is 0 Å². The van der Waals surface area contributed by atoms with E-state index in [1.807, 2.05) is 0 Å². The Morgan fingerprint density at radius 3 is 2.20 bits per heavy atom. The highest BCUT2D eigenvalue weighted by Gasteiger charge is 2.69. The van der Waals surface area contributed by atoms with Gasteiger partial charge in [-0.3, -0.25) is 4.79 Å². The third kappa shape index (κ3) is 8.09. The zero-order chi connectivity index (χ0) is 45.9. The van der Waals surface area contributed by atoms with Crippen LogP contribution < -0.4 is 0 Å². The molecule has 7 N–H and O–H groups in total. The van der Waals surface area contributed by atoms with Gasteiger partial charge < -0.3 is 78.4 Å². The number of aliphatic hydroxyl groups is 7. The molecule has 368 valence electrons. The summed E-state index contributed by atoms with van der Waals surface area (Å²) in [4.78, 5) is 12.2. The summed E-state index contributed by atoms with van der Waals surface area (Å²) in [6.07, 6.45) is -7.67. The van der Waals surface area contributed by atoms with Crippen molar-refractivity contribution in [3.8, 4) is 0 Å². The molecule has 65 heavy (non-hydrogen) atoms. The molecule has 5 aliphatic carbocycles. The van der Waals surface area contributed by atoms with Crippen LogP contribution in [-0.2, 0) is 47.4 Å². The van der Waals surface area contributed by atoms with Crippen LogP contribution in [0.25, 0.3) is 0 Å². The quantitative estimate of drug-likeness (QED) is 0.122. The summed E-state index contributed by atoms with van der Waals surface area (Å²) in [5.41, 5.74) is 1.51. The molecule has 10 aliphatic rings. The lowest BCUT2D eigenvalue weighted by molar-refractivity contribution is -0.380. The van der Waals surface area contributed by atoms with E-state index in [9.17, 15) is 40.5 Å². The van der Waals surface area contributed by atoms with Crippen LogP contribution in [0.4, 0.5) is 0 Å². The van der Waals surface area contributed by atoms with Crippen molar-refractivity contribution in [2.75, 3.05) is 19.8 Å². The third-order valence-electron chi connectivity index (χ3n) is 18.5. The number of carbonyl (C=O) groups excluding carboxylic acids is 1. The Balaban J connectivity index is 0.838. The van der Waals surface area contributed by atoms with E-state index in [1.54, 1.807) is 0 Å². The van der Waals surface area contributed by atoms with Crippen molar-refractivity contribution in [2.45, 2.75) is 209 Å². The van der Waals surface area contributed by atoms with Crippen molar-refractivity contribution < 1.29 is 83.2 Å². The van der Waals surface area contributed by atoms with Gasteiger partial charge >= 0.3 is 5.97 Å². The van der Waals surface area contributed by atoms with Gasteiger partial charge in [-0.1, -0.05) is 39.3 Å². The minimum Gasteiger partial charge on any atom is -0.463 e. The minimum atomic E-state index is -1.72. The summed E-state index contributed by atoms with van der Waals surface area (Å²) in [5.74, 6) is 2.00. The van der Waals surface area contributed by atoms with E-state index in [1.165, 1.54) is 12.5 Å². The first kappa shape index (κ1) is 47.3. The second-order valence-corrected chi connectivity index (χ2v) is 22.3. The van der Waals surface area contributed by atoms with E-state index < -0.39 is 104 Å². The fourth-order valence-corrected chi connectivity index (χ4v) is 14.4. The first-order valence-electron chi connectivity index (χ1n) is 24.8. The molecule has 17 heteroatoms. The topological polar surface area (TPSA) is 242 Å². The van der Waals surface area contributed by atoms with Gasteiger partial charge in [0, 0.05) is 12.3 Å². The number of hydrogen-bond donors (Lipinski definition) is 7. The van der Waals surface area contributed by atoms with Gasteiger partial charge in [-0.05, 0) is 112 Å². The van der Waals surface area contributed by atoms with Crippen molar-refractivity contribution in [3.63, 3.8) is 0 Å². The summed E-state index contributed by atoms with van der Waals surface area (Å²) >= 11 is 0. The molecular formula is C48H74O17. The van der Waals surface area contributed by atoms with E-state index in [0.29, 0.717) is 48.3 Å². The molecule has 0 amide bonds. The van der Waals surface area contributed by atoms with Crippen LogP contribution in [0.3, 0.4) is 0 Å². The highest BCUT2D eigenvalue weighted by molar-refractivity contribution is 5.74. The maximum absolute atomic E-state index is 12.2. The van der Waals surface area contributed by atoms with Crippen molar-refractivity contribution in [1.29, 1.82) is 0 Å². The normalized spacial score (nSPS) is 55.2. The smallest absolute Gasteiger partial charge is 0.309 e. The summed E-state index contributed by atoms with van der Waals surface area (Å²) in [6, 6.07) is 0. The monoisotopic (exact) mass is 922 g/mol. The molecule has 25 atom stereocenters. The molecule has 5 saturated heterocycles. The van der Waals surface area contributed by atoms with Gasteiger partial charge in [-0.2, -0.15) is 0 Å². The van der Waals surface area contributed by atoms with E-state index in [2.05, 4.69) is 33.8 Å². The molecule has 9 fully saturated rings. The van der Waals surface area contributed by atoms with Gasteiger partial charge in [0.05, 0.1) is 37.4 Å². The number of fused-ring (bicyclic) bond motifs is 7. The van der Waals surface area contributed by atoms with Gasteiger partial charge in [-0.15, -0.1) is 0 Å². The summed E-state index contributed by atoms with van der Waals surface area (Å²) in [6.45, 7) is 10.9. The maximum atomic E-state index is 12.2. The highest BCUT2D eigenvalue weighted by Crippen LogP contribution is 2.70. The minimum absolute atomic E-state index is 0.0263. The summed E-state index contributed by atoms with van der Waals surface area (Å²) in [7, 11) is 0. The fraction of sp³-hybridized carbons (Fsp3) is 0.938. The van der Waals surface area contributed by atoms with Crippen LogP contribution in [-0.4, -0.2) is 166 Å². The number of carbonyl (C=O) groups is 1. The predicted molar refractivity (Wildman–Crippen MR) is 225 cm³/mol. The molecule has 17 nitrogen and oxygen atoms in total. The molecule has 10 rings (SSSR count). The Kier molecular flexibility index (Phi) is 12.9. The first-order chi connectivity index (χ1) is 31.0. The molecule has 0 radical (unpaired) electrons. The molecule has 0 aromatic carbocycles. The van der Waals surface area contributed by atoms with E-state index in [4.69, 9.17) is 42.6 Å². The van der Waals surface area contributed by atoms with Crippen LogP contribution in [0.15, 0.2) is 11.6 Å². The summed E-state index contributed by atoms with van der Waals surface area (Å²) in [5, 5.41) is 76.5. The lowest BCUT2D eigenvalue weighted by Gasteiger charge is -2.58. The molecule has 5 heterocycles. The lowest BCUT2D eigenvalue weighted by atomic mass is 9.47. The number of hydrogen-bond acceptors (Lipinski definition) is 17. The van der Waals surface area contributed by atoms with Gasteiger partial charge in [0.15, 0.2) is 24.7 Å². The lowest BCUT2D eigenvalue weighted by Crippen LogP contribution is -2.65. The zero-order valence-corrected chi connectivity index (χ0v) is 38.5. The van der Waals surface area contributed by atoms with Crippen LogP contribution in [0.1, 0.15) is 105 Å². The molecule has 0 aromatic rings. The number of ether oxygens (including phenoxy) is 9. The standard InChI is InChI=1S/C48H74O17/c1-21-10-15-48(58-19-21)22(2)33-30(65-48)17-29-27-9-8-25-16-26(11-13-46(25,4)28(27)12-14-47(29,33)5)60-45-41(64-43-38(54)36(52)34(50)23(3)59-43)39(55)40(31(18-49)61-45)63-44-37(53)35(51)32(62-44)20-57-42(56)24-6-7-24/h8,21-24,26-41,43-45,49-55H,6-7,9-20H2,1-5H3. The van der Waals surface area contributed by atoms with Crippen molar-refractivity contribution in [3.05, 3.63) is 11.6 Å². The Hall–Kier alpha value is -1.39. The number of esters is 1. The van der Waals surface area contributed by atoms with Crippen molar-refractivity contribution in [2.24, 2.45) is 52.3 Å². The second-order valence-electron chi connectivity index (χ2n) is 22.3. The van der Waals surface area contributed by atoms with Crippen molar-refractivity contribution in [1.82, 2.24) is 0 Å². The molecule has 25 unspecified atom stereocenters. The van der Waals surface area contributed by atoms with Gasteiger partial charge in [0.1, 0.15) is 67.6 Å². The first-order valence-corrected chi connectivity index (χ1v) is 24.8. The third-order valence-corrected chi connectivity index (χ3v) is 18.5. The maximum Gasteiger partial charge on any atom is 0.309 e. The fourth-order valence-electron chi connectivity index (χ4n) is 14.4. The molecule has 0 bridgehead atoms. The van der Waals surface area contributed by atoms with Gasteiger partial charge in [0.25, 0.3) is 0 Å². The zero-order valence-electron chi connectivity index (χ0n) is 38.5. The van der Waals surface area contributed by atoms with Crippen molar-refractivity contribution >= 4 is 5.97 Å².